The number of nitrogens with zero attached hydrogens (tertiary/aromatic N) is 2. The van der Waals surface area contributed by atoms with Gasteiger partial charge in [-0.3, -0.25) is 9.48 Å². The topological polar surface area (TPSA) is 56.1 Å². The lowest BCUT2D eigenvalue weighted by atomic mass is 9.95. The maximum atomic E-state index is 12.0. The first-order chi connectivity index (χ1) is 12.2. The van der Waals surface area contributed by atoms with Crippen molar-refractivity contribution in [2.75, 3.05) is 6.61 Å². The van der Waals surface area contributed by atoms with E-state index in [1.165, 1.54) is 19.3 Å². The molecule has 134 valence electrons. The Hall–Kier alpha value is -2.30. The quantitative estimate of drug-likeness (QED) is 0.781. The van der Waals surface area contributed by atoms with Crippen LogP contribution < -0.4 is 10.1 Å². The molecule has 1 N–H and O–H groups in total. The normalized spacial score (nSPS) is 15.1. The zero-order valence-corrected chi connectivity index (χ0v) is 14.9. The van der Waals surface area contributed by atoms with Crippen LogP contribution in [0.4, 0.5) is 0 Å². The Balaban J connectivity index is 1.36. The smallest absolute Gasteiger partial charge is 0.220 e. The third kappa shape index (κ3) is 5.34. The third-order valence-corrected chi connectivity index (χ3v) is 4.68. The van der Waals surface area contributed by atoms with Crippen molar-refractivity contribution in [3.05, 3.63) is 36.7 Å². The second-order valence-electron chi connectivity index (χ2n) is 6.78. The fourth-order valence-electron chi connectivity index (χ4n) is 3.28. The van der Waals surface area contributed by atoms with Crippen LogP contribution in [0, 0.1) is 0 Å². The Bertz CT molecular complexity index is 673. The molecule has 1 saturated carbocycles. The average molecular weight is 341 g/mol. The molecule has 2 aromatic rings. The predicted molar refractivity (Wildman–Crippen MR) is 98.4 cm³/mol. The van der Waals surface area contributed by atoms with Gasteiger partial charge in [-0.15, -0.1) is 0 Å². The lowest BCUT2D eigenvalue weighted by molar-refractivity contribution is -0.122. The van der Waals surface area contributed by atoms with E-state index in [9.17, 15) is 4.79 Å². The lowest BCUT2D eigenvalue weighted by Crippen LogP contribution is -2.36. The zero-order valence-electron chi connectivity index (χ0n) is 14.9. The van der Waals surface area contributed by atoms with Crippen molar-refractivity contribution in [2.24, 2.45) is 7.05 Å². The van der Waals surface area contributed by atoms with Crippen LogP contribution in [-0.2, 0) is 11.8 Å². The summed E-state index contributed by atoms with van der Waals surface area (Å²) in [5.41, 5.74) is 2.21. The molecule has 1 aromatic carbocycles. The molecule has 0 atom stereocenters. The van der Waals surface area contributed by atoms with E-state index in [0.29, 0.717) is 19.1 Å². The highest BCUT2D eigenvalue weighted by Crippen LogP contribution is 2.22. The van der Waals surface area contributed by atoms with Crippen molar-refractivity contribution < 1.29 is 9.53 Å². The third-order valence-electron chi connectivity index (χ3n) is 4.68. The van der Waals surface area contributed by atoms with Crippen molar-refractivity contribution in [1.29, 1.82) is 0 Å². The maximum Gasteiger partial charge on any atom is 0.220 e. The number of hydrogen-bond donors (Lipinski definition) is 1. The molecule has 1 fully saturated rings. The molecule has 0 unspecified atom stereocenters. The summed E-state index contributed by atoms with van der Waals surface area (Å²) in [6.07, 6.45) is 11.2. The summed E-state index contributed by atoms with van der Waals surface area (Å²) in [6.45, 7) is 0.560. The van der Waals surface area contributed by atoms with E-state index in [1.807, 2.05) is 43.7 Å². The number of ether oxygens (including phenoxy) is 1. The first-order valence-electron chi connectivity index (χ1n) is 9.22. The molecule has 5 nitrogen and oxygen atoms in total. The van der Waals surface area contributed by atoms with E-state index >= 15 is 0 Å². The van der Waals surface area contributed by atoms with Gasteiger partial charge in [0.05, 0.1) is 12.8 Å². The van der Waals surface area contributed by atoms with Gasteiger partial charge in [-0.1, -0.05) is 31.4 Å². The summed E-state index contributed by atoms with van der Waals surface area (Å²) >= 11 is 0. The highest BCUT2D eigenvalue weighted by atomic mass is 16.5. The molecule has 25 heavy (non-hydrogen) atoms. The Labute approximate surface area is 149 Å². The molecule has 0 aliphatic heterocycles. The summed E-state index contributed by atoms with van der Waals surface area (Å²) in [5, 5.41) is 7.32. The van der Waals surface area contributed by atoms with Crippen LogP contribution in [0.25, 0.3) is 11.1 Å². The number of rotatable bonds is 7. The van der Waals surface area contributed by atoms with Crippen LogP contribution in [0.3, 0.4) is 0 Å². The molecule has 0 spiro atoms. The van der Waals surface area contributed by atoms with Crippen LogP contribution in [0.2, 0.25) is 0 Å². The fourth-order valence-corrected chi connectivity index (χ4v) is 3.28. The van der Waals surface area contributed by atoms with Gasteiger partial charge in [0.1, 0.15) is 5.75 Å². The molecule has 1 amide bonds. The Morgan fingerprint density at radius 2 is 1.96 bits per heavy atom. The van der Waals surface area contributed by atoms with Crippen molar-refractivity contribution in [3.63, 3.8) is 0 Å². The van der Waals surface area contributed by atoms with Gasteiger partial charge in [0.25, 0.3) is 0 Å². The van der Waals surface area contributed by atoms with Crippen molar-refractivity contribution in [1.82, 2.24) is 15.1 Å². The highest BCUT2D eigenvalue weighted by Gasteiger charge is 2.15. The van der Waals surface area contributed by atoms with Crippen LogP contribution in [0.15, 0.2) is 36.7 Å². The maximum absolute atomic E-state index is 12.0. The molecular weight excluding hydrogens is 314 g/mol. The molecule has 0 saturated heterocycles. The molecule has 0 radical (unpaired) electrons. The second-order valence-corrected chi connectivity index (χ2v) is 6.78. The monoisotopic (exact) mass is 341 g/mol. The minimum atomic E-state index is 0.155. The number of carbonyl (C=O) groups is 1. The molecule has 1 aliphatic carbocycles. The predicted octanol–water partition coefficient (Wildman–Crippen LogP) is 3.70. The first-order valence-corrected chi connectivity index (χ1v) is 9.22. The molecular formula is C20H27N3O2. The summed E-state index contributed by atoms with van der Waals surface area (Å²) < 4.78 is 7.53. The number of carbonyl (C=O) groups excluding carboxylic acids is 1. The van der Waals surface area contributed by atoms with Crippen LogP contribution in [0.5, 0.6) is 5.75 Å². The largest absolute Gasteiger partial charge is 0.494 e. The first kappa shape index (κ1) is 17.5. The Morgan fingerprint density at radius 3 is 2.64 bits per heavy atom. The van der Waals surface area contributed by atoms with E-state index in [-0.39, 0.29) is 5.91 Å². The number of aryl methyl sites for hydroxylation is 1. The number of hydrogen-bond acceptors (Lipinski definition) is 3. The average Bonchev–Trinajstić information content (AvgIpc) is 3.06. The summed E-state index contributed by atoms with van der Waals surface area (Å²) in [7, 11) is 1.91. The van der Waals surface area contributed by atoms with Crippen LogP contribution >= 0.6 is 0 Å². The number of aromatic nitrogens is 2. The van der Waals surface area contributed by atoms with Gasteiger partial charge >= 0.3 is 0 Å². The van der Waals surface area contributed by atoms with Gasteiger partial charge in [-0.25, -0.2) is 0 Å². The fraction of sp³-hybridized carbons (Fsp3) is 0.500. The summed E-state index contributed by atoms with van der Waals surface area (Å²) in [6, 6.07) is 8.38. The van der Waals surface area contributed by atoms with Crippen LogP contribution in [0.1, 0.15) is 44.9 Å². The lowest BCUT2D eigenvalue weighted by Gasteiger charge is -2.22. The van der Waals surface area contributed by atoms with Crippen molar-refractivity contribution in [2.45, 2.75) is 51.0 Å². The van der Waals surface area contributed by atoms with E-state index in [1.54, 1.807) is 4.68 Å². The van der Waals surface area contributed by atoms with Crippen LogP contribution in [-0.4, -0.2) is 28.3 Å². The van der Waals surface area contributed by atoms with Gasteiger partial charge in [0.2, 0.25) is 5.91 Å². The summed E-state index contributed by atoms with van der Waals surface area (Å²) in [4.78, 5) is 12.0. The van der Waals surface area contributed by atoms with Crippen molar-refractivity contribution in [3.8, 4) is 16.9 Å². The number of nitrogens with one attached hydrogen (secondary N) is 1. The number of amides is 1. The van der Waals surface area contributed by atoms with Gasteiger partial charge in [0.15, 0.2) is 0 Å². The SMILES string of the molecule is Cn1cc(-c2ccc(OCCCC(=O)NC3CCCCC3)cc2)cn1. The van der Waals surface area contributed by atoms with Gasteiger partial charge in [-0.2, -0.15) is 5.10 Å². The van der Waals surface area contributed by atoms with E-state index in [0.717, 1.165) is 36.1 Å². The summed E-state index contributed by atoms with van der Waals surface area (Å²) in [5.74, 6) is 0.989. The molecule has 1 aromatic heterocycles. The molecule has 0 bridgehead atoms. The molecule has 5 heteroatoms. The second kappa shape index (κ2) is 8.70. The van der Waals surface area contributed by atoms with E-state index < -0.39 is 0 Å². The van der Waals surface area contributed by atoms with Gasteiger partial charge < -0.3 is 10.1 Å². The van der Waals surface area contributed by atoms with E-state index in [4.69, 9.17) is 4.74 Å². The minimum Gasteiger partial charge on any atom is -0.494 e. The van der Waals surface area contributed by atoms with Gasteiger partial charge in [-0.05, 0) is 37.0 Å². The molecule has 1 aliphatic rings. The molecule has 3 rings (SSSR count). The standard InChI is InChI=1S/C20H27N3O2/c1-23-15-17(14-21-23)16-9-11-19(12-10-16)25-13-5-8-20(24)22-18-6-3-2-4-7-18/h9-12,14-15,18H,2-8,13H2,1H3,(H,22,24). The Kier molecular flexibility index (Phi) is 6.09. The van der Waals surface area contributed by atoms with Gasteiger partial charge in [0, 0.05) is 31.3 Å². The highest BCUT2D eigenvalue weighted by molar-refractivity contribution is 5.76. The zero-order chi connectivity index (χ0) is 17.5. The van der Waals surface area contributed by atoms with Crippen molar-refractivity contribution >= 4 is 5.91 Å². The molecule has 1 heterocycles. The number of benzene rings is 1. The Morgan fingerprint density at radius 1 is 1.20 bits per heavy atom. The van der Waals surface area contributed by atoms with E-state index in [2.05, 4.69) is 10.4 Å². The minimum absolute atomic E-state index is 0.155.